The Hall–Kier alpha value is -2.47. The molecule has 1 heterocycles. The van der Waals surface area contributed by atoms with Crippen LogP contribution in [-0.4, -0.2) is 22.0 Å². The maximum atomic E-state index is 13.5. The molecule has 21 heavy (non-hydrogen) atoms. The van der Waals surface area contributed by atoms with Crippen molar-refractivity contribution in [1.82, 2.24) is 4.98 Å². The fraction of sp³-hybridized carbons (Fsp3) is 0.0714. The van der Waals surface area contributed by atoms with Gasteiger partial charge in [-0.2, -0.15) is 0 Å². The minimum atomic E-state index is -1.38. The van der Waals surface area contributed by atoms with Gasteiger partial charge in [0.2, 0.25) is 0 Å². The molecule has 0 saturated heterocycles. The van der Waals surface area contributed by atoms with Gasteiger partial charge in [-0.25, -0.2) is 9.18 Å². The van der Waals surface area contributed by atoms with Crippen molar-refractivity contribution >= 4 is 29.2 Å². The van der Waals surface area contributed by atoms with Gasteiger partial charge in [0.25, 0.3) is 5.91 Å². The van der Waals surface area contributed by atoms with E-state index in [1.54, 1.807) is 6.92 Å². The molecule has 1 amide bonds. The van der Waals surface area contributed by atoms with E-state index in [1.807, 2.05) is 0 Å². The molecule has 2 N–H and O–H groups in total. The van der Waals surface area contributed by atoms with Crippen LogP contribution < -0.4 is 5.32 Å². The number of carbonyl (C=O) groups is 2. The summed E-state index contributed by atoms with van der Waals surface area (Å²) >= 11 is 5.94. The normalized spacial score (nSPS) is 10.2. The van der Waals surface area contributed by atoms with Crippen molar-refractivity contribution in [3.63, 3.8) is 0 Å². The molecular formula is C14H10ClFN2O3. The minimum absolute atomic E-state index is 0.124. The number of carboxylic acid groups (broad SMARTS) is 1. The second-order valence-electron chi connectivity index (χ2n) is 4.26. The highest BCUT2D eigenvalue weighted by Crippen LogP contribution is 2.19. The van der Waals surface area contributed by atoms with Crippen LogP contribution in [0.1, 0.15) is 26.4 Å². The Morgan fingerprint density at radius 1 is 1.29 bits per heavy atom. The summed E-state index contributed by atoms with van der Waals surface area (Å²) in [7, 11) is 0. The second-order valence-corrected chi connectivity index (χ2v) is 4.67. The number of anilines is 1. The van der Waals surface area contributed by atoms with Crippen LogP contribution in [0.3, 0.4) is 0 Å². The molecule has 2 rings (SSSR count). The lowest BCUT2D eigenvalue weighted by Crippen LogP contribution is -2.13. The van der Waals surface area contributed by atoms with Gasteiger partial charge in [-0.05, 0) is 31.2 Å². The molecule has 0 radical (unpaired) electrons. The molecule has 1 aromatic heterocycles. The third kappa shape index (κ3) is 3.35. The summed E-state index contributed by atoms with van der Waals surface area (Å²) in [4.78, 5) is 26.7. The number of hydrogen-bond donors (Lipinski definition) is 2. The largest absolute Gasteiger partial charge is 0.478 e. The number of hydrogen-bond acceptors (Lipinski definition) is 3. The molecule has 7 heteroatoms. The van der Waals surface area contributed by atoms with Gasteiger partial charge in [0.05, 0.1) is 16.1 Å². The molecule has 5 nitrogen and oxygen atoms in total. The van der Waals surface area contributed by atoms with Gasteiger partial charge in [0.15, 0.2) is 0 Å². The fourth-order valence-electron chi connectivity index (χ4n) is 1.66. The molecule has 0 aliphatic rings. The number of halogens is 2. The van der Waals surface area contributed by atoms with Crippen molar-refractivity contribution in [3.8, 4) is 0 Å². The number of aromatic nitrogens is 1. The first-order valence-corrected chi connectivity index (χ1v) is 6.22. The zero-order valence-corrected chi connectivity index (χ0v) is 11.6. The zero-order valence-electron chi connectivity index (χ0n) is 10.9. The van der Waals surface area contributed by atoms with Crippen molar-refractivity contribution in [1.29, 1.82) is 0 Å². The van der Waals surface area contributed by atoms with Crippen molar-refractivity contribution in [2.24, 2.45) is 0 Å². The lowest BCUT2D eigenvalue weighted by molar-refractivity contribution is 0.0692. The van der Waals surface area contributed by atoms with Crippen LogP contribution in [0.15, 0.2) is 30.5 Å². The summed E-state index contributed by atoms with van der Waals surface area (Å²) in [6, 6.07) is 4.82. The van der Waals surface area contributed by atoms with Crippen LogP contribution in [0.2, 0.25) is 5.02 Å². The summed E-state index contributed by atoms with van der Waals surface area (Å²) in [6.45, 7) is 1.73. The summed E-state index contributed by atoms with van der Waals surface area (Å²) < 4.78 is 13.5. The van der Waals surface area contributed by atoms with Crippen molar-refractivity contribution < 1.29 is 19.1 Å². The van der Waals surface area contributed by atoms with E-state index in [0.29, 0.717) is 5.69 Å². The molecular weight excluding hydrogens is 299 g/mol. The summed E-state index contributed by atoms with van der Waals surface area (Å²) in [5, 5.41) is 11.4. The van der Waals surface area contributed by atoms with Crippen LogP contribution in [0.25, 0.3) is 0 Å². The average molecular weight is 309 g/mol. The van der Waals surface area contributed by atoms with Crippen LogP contribution in [0.5, 0.6) is 0 Å². The van der Waals surface area contributed by atoms with Gasteiger partial charge in [0.1, 0.15) is 5.82 Å². The lowest BCUT2D eigenvalue weighted by atomic mass is 10.2. The number of amides is 1. The highest BCUT2D eigenvalue weighted by molar-refractivity contribution is 6.34. The molecule has 108 valence electrons. The Morgan fingerprint density at radius 2 is 2.00 bits per heavy atom. The van der Waals surface area contributed by atoms with E-state index in [9.17, 15) is 14.0 Å². The Kier molecular flexibility index (Phi) is 4.18. The average Bonchev–Trinajstić information content (AvgIpc) is 2.37. The first kappa shape index (κ1) is 14.9. The quantitative estimate of drug-likeness (QED) is 0.913. The maximum absolute atomic E-state index is 13.5. The standard InChI is InChI=1S/C14H10ClFN2O3/c1-7-4-11(15)10(6-17-7)13(19)18-8-2-3-9(14(20)21)12(16)5-8/h2-6H,1H3,(H,18,19)(H,20,21). The Balaban J connectivity index is 2.23. The number of pyridine rings is 1. The SMILES string of the molecule is Cc1cc(Cl)c(C(=O)Nc2ccc(C(=O)O)c(F)c2)cn1. The maximum Gasteiger partial charge on any atom is 0.338 e. The summed E-state index contributed by atoms with van der Waals surface area (Å²) in [5.74, 6) is -2.88. The molecule has 0 spiro atoms. The Morgan fingerprint density at radius 3 is 2.57 bits per heavy atom. The molecule has 0 atom stereocenters. The first-order chi connectivity index (χ1) is 9.88. The van der Waals surface area contributed by atoms with E-state index in [1.165, 1.54) is 18.3 Å². The van der Waals surface area contributed by atoms with Gasteiger partial charge >= 0.3 is 5.97 Å². The van der Waals surface area contributed by atoms with E-state index >= 15 is 0 Å². The Labute approximate surface area is 124 Å². The van der Waals surface area contributed by atoms with Crippen LogP contribution >= 0.6 is 11.6 Å². The molecule has 0 bridgehead atoms. The lowest BCUT2D eigenvalue weighted by Gasteiger charge is -2.08. The van der Waals surface area contributed by atoms with Crippen LogP contribution in [0.4, 0.5) is 10.1 Å². The van der Waals surface area contributed by atoms with Crippen molar-refractivity contribution in [2.45, 2.75) is 6.92 Å². The summed E-state index contributed by atoms with van der Waals surface area (Å²) in [5.41, 5.74) is 0.459. The third-order valence-electron chi connectivity index (χ3n) is 2.69. The first-order valence-electron chi connectivity index (χ1n) is 5.85. The summed E-state index contributed by atoms with van der Waals surface area (Å²) in [6.07, 6.45) is 1.31. The van der Waals surface area contributed by atoms with Crippen molar-refractivity contribution in [2.75, 3.05) is 5.32 Å². The van der Waals surface area contributed by atoms with Crippen LogP contribution in [-0.2, 0) is 0 Å². The molecule has 1 aromatic carbocycles. The van der Waals surface area contributed by atoms with E-state index < -0.39 is 23.3 Å². The van der Waals surface area contributed by atoms with E-state index in [2.05, 4.69) is 10.3 Å². The molecule has 2 aromatic rings. The van der Waals surface area contributed by atoms with Gasteiger partial charge < -0.3 is 10.4 Å². The number of nitrogens with zero attached hydrogens (tertiary/aromatic N) is 1. The van der Waals surface area contributed by atoms with E-state index in [0.717, 1.165) is 12.1 Å². The highest BCUT2D eigenvalue weighted by Gasteiger charge is 2.14. The molecule has 0 saturated carbocycles. The number of nitrogens with one attached hydrogen (secondary N) is 1. The monoisotopic (exact) mass is 308 g/mol. The predicted molar refractivity (Wildman–Crippen MR) is 75.3 cm³/mol. The highest BCUT2D eigenvalue weighted by atomic mass is 35.5. The molecule has 0 unspecified atom stereocenters. The topological polar surface area (TPSA) is 79.3 Å². The van der Waals surface area contributed by atoms with E-state index in [4.69, 9.17) is 16.7 Å². The minimum Gasteiger partial charge on any atom is -0.478 e. The van der Waals surface area contributed by atoms with Gasteiger partial charge in [-0.15, -0.1) is 0 Å². The number of aromatic carboxylic acids is 1. The van der Waals surface area contributed by atoms with Crippen molar-refractivity contribution in [3.05, 3.63) is 58.1 Å². The third-order valence-corrected chi connectivity index (χ3v) is 3.00. The zero-order chi connectivity index (χ0) is 15.6. The number of benzene rings is 1. The number of aryl methyl sites for hydroxylation is 1. The number of carbonyl (C=O) groups excluding carboxylic acids is 1. The fourth-order valence-corrected chi connectivity index (χ4v) is 1.95. The number of rotatable bonds is 3. The van der Waals surface area contributed by atoms with Gasteiger partial charge in [0, 0.05) is 17.6 Å². The molecule has 0 aliphatic carbocycles. The molecule has 0 aliphatic heterocycles. The Bertz CT molecular complexity index is 734. The number of carboxylic acids is 1. The predicted octanol–water partition coefficient (Wildman–Crippen LogP) is 3.13. The van der Waals surface area contributed by atoms with Gasteiger partial charge in [-0.1, -0.05) is 11.6 Å². The smallest absolute Gasteiger partial charge is 0.338 e. The second kappa shape index (κ2) is 5.88. The molecule has 0 fully saturated rings. The van der Waals surface area contributed by atoms with Crippen LogP contribution in [0, 0.1) is 12.7 Å². The van der Waals surface area contributed by atoms with E-state index in [-0.39, 0.29) is 16.3 Å². The van der Waals surface area contributed by atoms with Gasteiger partial charge in [-0.3, -0.25) is 9.78 Å².